The number of nitrogens with zero attached hydrogens (tertiary/aromatic N) is 4. The summed E-state index contributed by atoms with van der Waals surface area (Å²) >= 11 is 0. The van der Waals surface area contributed by atoms with Crippen LogP contribution in [0.15, 0.2) is 53.9 Å². The highest BCUT2D eigenvalue weighted by Gasteiger charge is 2.29. The molecule has 0 N–H and O–H groups in total. The molecule has 0 saturated heterocycles. The van der Waals surface area contributed by atoms with E-state index >= 15 is 0 Å². The Morgan fingerprint density at radius 3 is 2.86 bits per heavy atom. The van der Waals surface area contributed by atoms with Gasteiger partial charge in [-0.1, -0.05) is 12.0 Å². The molecule has 1 aromatic carbocycles. The molecule has 0 spiro atoms. The third kappa shape index (κ3) is 2.87. The number of pyridine rings is 1. The molecule has 0 radical (unpaired) electrons. The van der Waals surface area contributed by atoms with Gasteiger partial charge < -0.3 is 4.74 Å². The van der Waals surface area contributed by atoms with Crippen LogP contribution in [0, 0.1) is 12.3 Å². The van der Waals surface area contributed by atoms with Crippen LogP contribution in [0.5, 0.6) is 0 Å². The minimum Gasteiger partial charge on any atom is -0.461 e. The van der Waals surface area contributed by atoms with Gasteiger partial charge in [0.05, 0.1) is 35.4 Å². The zero-order chi connectivity index (χ0) is 19.7. The predicted molar refractivity (Wildman–Crippen MR) is 106 cm³/mol. The Hall–Kier alpha value is -3.72. The molecule has 1 aliphatic rings. The number of ether oxygens (including phenoxy) is 1. The molecule has 0 aliphatic carbocycles. The van der Waals surface area contributed by atoms with E-state index in [9.17, 15) is 4.79 Å². The van der Waals surface area contributed by atoms with Crippen molar-refractivity contribution in [3.63, 3.8) is 0 Å². The number of aromatic nitrogens is 3. The number of aliphatic imine (C=N–C) groups is 1. The smallest absolute Gasteiger partial charge is 0.358 e. The van der Waals surface area contributed by atoms with Gasteiger partial charge in [-0.2, -0.15) is 0 Å². The molecule has 3 aromatic rings. The van der Waals surface area contributed by atoms with E-state index in [0.29, 0.717) is 5.69 Å². The molecule has 4 rings (SSSR count). The first kappa shape index (κ1) is 17.7. The summed E-state index contributed by atoms with van der Waals surface area (Å²) in [6.45, 7) is 3.97. The Morgan fingerprint density at radius 2 is 2.14 bits per heavy atom. The lowest BCUT2D eigenvalue weighted by Gasteiger charge is -2.12. The number of hydrogen-bond donors (Lipinski definition) is 0. The Balaban J connectivity index is 1.99. The molecule has 1 aliphatic heterocycles. The van der Waals surface area contributed by atoms with Crippen molar-refractivity contribution in [1.82, 2.24) is 14.5 Å². The van der Waals surface area contributed by atoms with Crippen LogP contribution in [0.3, 0.4) is 0 Å². The summed E-state index contributed by atoms with van der Waals surface area (Å²) < 4.78 is 7.06. The molecule has 138 valence electrons. The molecule has 2 aromatic heterocycles. The van der Waals surface area contributed by atoms with Crippen LogP contribution in [-0.2, 0) is 4.74 Å². The molecular formula is C22H18N4O2. The first-order chi connectivity index (χ1) is 13.6. The number of imidazole rings is 1. The maximum atomic E-state index is 12.4. The summed E-state index contributed by atoms with van der Waals surface area (Å²) in [5.74, 6) is 2.21. The van der Waals surface area contributed by atoms with Crippen molar-refractivity contribution in [1.29, 1.82) is 0 Å². The number of rotatable bonds is 3. The maximum absolute atomic E-state index is 12.4. The second-order valence-corrected chi connectivity index (χ2v) is 6.31. The Morgan fingerprint density at radius 1 is 1.29 bits per heavy atom. The normalized spacial score (nSPS) is 14.9. The zero-order valence-electron chi connectivity index (χ0n) is 15.6. The molecule has 3 heterocycles. The lowest BCUT2D eigenvalue weighted by atomic mass is 10.0. The van der Waals surface area contributed by atoms with Gasteiger partial charge in [0.1, 0.15) is 6.33 Å². The van der Waals surface area contributed by atoms with Gasteiger partial charge in [0.25, 0.3) is 0 Å². The zero-order valence-corrected chi connectivity index (χ0v) is 15.6. The first-order valence-electron chi connectivity index (χ1n) is 8.99. The number of hydrogen-bond acceptors (Lipinski definition) is 5. The number of carbonyl (C=O) groups is 1. The minimum atomic E-state index is -0.457. The summed E-state index contributed by atoms with van der Waals surface area (Å²) in [5.41, 5.74) is 4.83. The van der Waals surface area contributed by atoms with Crippen LogP contribution in [0.4, 0.5) is 0 Å². The van der Waals surface area contributed by atoms with Gasteiger partial charge >= 0.3 is 5.97 Å². The van der Waals surface area contributed by atoms with Gasteiger partial charge in [-0.3, -0.25) is 14.5 Å². The highest BCUT2D eigenvalue weighted by molar-refractivity contribution is 6.14. The second-order valence-electron chi connectivity index (χ2n) is 6.31. The number of esters is 1. The largest absolute Gasteiger partial charge is 0.461 e. The highest BCUT2D eigenvalue weighted by Crippen LogP contribution is 2.32. The monoisotopic (exact) mass is 370 g/mol. The SMILES string of the molecule is C#Cc1ccc2c(c1)C(c1ccccn1)=NC(C)c1c(C(=O)OCC)ncn1-2. The lowest BCUT2D eigenvalue weighted by Crippen LogP contribution is -2.11. The minimum absolute atomic E-state index is 0.271. The molecule has 0 bridgehead atoms. The Bertz CT molecular complexity index is 1120. The van der Waals surface area contributed by atoms with Gasteiger partial charge in [-0.05, 0) is 44.2 Å². The fourth-order valence-electron chi connectivity index (χ4n) is 3.36. The van der Waals surface area contributed by atoms with Crippen LogP contribution >= 0.6 is 0 Å². The van der Waals surface area contributed by atoms with Crippen LogP contribution < -0.4 is 0 Å². The molecule has 6 heteroatoms. The number of fused-ring (bicyclic) bond motifs is 3. The summed E-state index contributed by atoms with van der Waals surface area (Å²) in [7, 11) is 0. The maximum Gasteiger partial charge on any atom is 0.358 e. The van der Waals surface area contributed by atoms with Crippen LogP contribution in [0.1, 0.15) is 52.9 Å². The third-order valence-electron chi connectivity index (χ3n) is 4.58. The fourth-order valence-corrected chi connectivity index (χ4v) is 3.36. The Kier molecular flexibility index (Phi) is 4.50. The van der Waals surface area contributed by atoms with Gasteiger partial charge in [-0.25, -0.2) is 9.78 Å². The lowest BCUT2D eigenvalue weighted by molar-refractivity contribution is 0.0518. The number of terminal acetylenes is 1. The fraction of sp³-hybridized carbons (Fsp3) is 0.182. The van der Waals surface area contributed by atoms with Crippen molar-refractivity contribution in [3.8, 4) is 18.0 Å². The van der Waals surface area contributed by atoms with Gasteiger partial charge in [0.2, 0.25) is 0 Å². The average molecular weight is 370 g/mol. The van der Waals surface area contributed by atoms with Crippen molar-refractivity contribution >= 4 is 11.7 Å². The molecule has 0 fully saturated rings. The predicted octanol–water partition coefficient (Wildman–Crippen LogP) is 3.34. The van der Waals surface area contributed by atoms with Gasteiger partial charge in [0, 0.05) is 17.3 Å². The topological polar surface area (TPSA) is 69.4 Å². The molecule has 1 atom stereocenters. The van der Waals surface area contributed by atoms with E-state index in [-0.39, 0.29) is 18.3 Å². The van der Waals surface area contributed by atoms with Gasteiger partial charge in [0.15, 0.2) is 5.69 Å². The number of carbonyl (C=O) groups excluding carboxylic acids is 1. The summed E-state index contributed by atoms with van der Waals surface area (Å²) in [5, 5.41) is 0. The summed E-state index contributed by atoms with van der Waals surface area (Å²) in [4.78, 5) is 26.1. The second kappa shape index (κ2) is 7.12. The van der Waals surface area contributed by atoms with E-state index in [2.05, 4.69) is 15.9 Å². The molecule has 6 nitrogen and oxygen atoms in total. The molecular weight excluding hydrogens is 352 g/mol. The quantitative estimate of drug-likeness (QED) is 0.524. The summed E-state index contributed by atoms with van der Waals surface area (Å²) in [6.07, 6.45) is 8.97. The first-order valence-corrected chi connectivity index (χ1v) is 8.99. The Labute approximate surface area is 162 Å². The summed E-state index contributed by atoms with van der Waals surface area (Å²) in [6, 6.07) is 11.0. The molecule has 1 unspecified atom stereocenters. The van der Waals surface area contributed by atoms with Crippen molar-refractivity contribution in [2.24, 2.45) is 4.99 Å². The van der Waals surface area contributed by atoms with E-state index in [1.807, 2.05) is 47.9 Å². The van der Waals surface area contributed by atoms with Gasteiger partial charge in [-0.15, -0.1) is 6.42 Å². The molecule has 28 heavy (non-hydrogen) atoms. The van der Waals surface area contributed by atoms with Crippen molar-refractivity contribution in [2.45, 2.75) is 19.9 Å². The van der Waals surface area contributed by atoms with Crippen LogP contribution in [0.2, 0.25) is 0 Å². The highest BCUT2D eigenvalue weighted by atomic mass is 16.5. The van der Waals surface area contributed by atoms with Crippen molar-refractivity contribution < 1.29 is 9.53 Å². The van der Waals surface area contributed by atoms with E-state index in [1.165, 1.54) is 0 Å². The molecule has 0 amide bonds. The van der Waals surface area contributed by atoms with Crippen LogP contribution in [0.25, 0.3) is 5.69 Å². The van der Waals surface area contributed by atoms with E-state index in [4.69, 9.17) is 16.2 Å². The van der Waals surface area contributed by atoms with Crippen molar-refractivity contribution in [2.75, 3.05) is 6.61 Å². The van der Waals surface area contributed by atoms with E-state index in [1.54, 1.807) is 19.4 Å². The van der Waals surface area contributed by atoms with Crippen LogP contribution in [-0.4, -0.2) is 32.8 Å². The van der Waals surface area contributed by atoms with E-state index < -0.39 is 5.97 Å². The standard InChI is InChI=1S/C22H18N4O2/c1-4-15-9-10-18-16(12-15)19(17-8-6-7-11-23-17)25-14(3)21-20(22(27)28-5-2)24-13-26(18)21/h1,6-14H,5H2,2-3H3. The number of benzene rings is 1. The van der Waals surface area contributed by atoms with Crippen molar-refractivity contribution in [3.05, 3.63) is 77.1 Å². The molecule has 0 saturated carbocycles. The van der Waals surface area contributed by atoms with E-state index in [0.717, 1.165) is 28.2 Å². The average Bonchev–Trinajstić information content (AvgIpc) is 3.13. The third-order valence-corrected chi connectivity index (χ3v) is 4.58.